The summed E-state index contributed by atoms with van der Waals surface area (Å²) in [6.45, 7) is 3.97. The number of hydrogen-bond acceptors (Lipinski definition) is 4. The molecule has 3 aromatic rings. The van der Waals surface area contributed by atoms with Crippen molar-refractivity contribution in [1.82, 2.24) is 0 Å². The molecule has 0 atom stereocenters. The summed E-state index contributed by atoms with van der Waals surface area (Å²) in [5, 5.41) is 1.60. The molecule has 100 valence electrons. The largest absolute Gasteiger partial charge is 0.479 e. The summed E-state index contributed by atoms with van der Waals surface area (Å²) in [5.74, 6) is 0.693. The summed E-state index contributed by atoms with van der Waals surface area (Å²) in [4.78, 5) is 11.5. The van der Waals surface area contributed by atoms with Crippen LogP contribution in [-0.4, -0.2) is 5.60 Å². The summed E-state index contributed by atoms with van der Waals surface area (Å²) in [7, 11) is 0. The topological polar surface area (TPSA) is 52.6 Å². The summed E-state index contributed by atoms with van der Waals surface area (Å²) >= 11 is 0. The van der Waals surface area contributed by atoms with E-state index in [4.69, 9.17) is 13.6 Å². The fraction of sp³-hybridized carbons (Fsp3) is 0.188. The lowest BCUT2D eigenvalue weighted by molar-refractivity contribution is 0.159. The zero-order chi connectivity index (χ0) is 13.9. The van der Waals surface area contributed by atoms with Crippen molar-refractivity contribution in [3.05, 3.63) is 46.5 Å². The second-order valence-corrected chi connectivity index (χ2v) is 5.44. The van der Waals surface area contributed by atoms with Crippen LogP contribution in [0.25, 0.3) is 28.0 Å². The maximum absolute atomic E-state index is 11.5. The highest BCUT2D eigenvalue weighted by atomic mass is 16.5. The van der Waals surface area contributed by atoms with Crippen molar-refractivity contribution in [3.63, 3.8) is 0 Å². The van der Waals surface area contributed by atoms with Gasteiger partial charge in [-0.25, -0.2) is 4.79 Å². The van der Waals surface area contributed by atoms with Crippen LogP contribution in [0.2, 0.25) is 0 Å². The highest BCUT2D eigenvalue weighted by molar-refractivity contribution is 6.09. The standard InChI is InChI=1S/C16H12O4/c1-16(2)7-5-10-9-3-4-12(17)19-13(9)11-6-8-18-14(11)15(10)20-16/h3-8H,1-2H3. The Hall–Kier alpha value is -2.49. The molecule has 0 spiro atoms. The van der Waals surface area contributed by atoms with Gasteiger partial charge in [0, 0.05) is 17.0 Å². The molecule has 0 unspecified atom stereocenters. The van der Waals surface area contributed by atoms with Crippen LogP contribution in [0.4, 0.5) is 0 Å². The summed E-state index contributed by atoms with van der Waals surface area (Å²) < 4.78 is 16.9. The van der Waals surface area contributed by atoms with Crippen molar-refractivity contribution in [3.8, 4) is 5.75 Å². The quantitative estimate of drug-likeness (QED) is 0.583. The normalized spacial score (nSPS) is 16.3. The van der Waals surface area contributed by atoms with Crippen LogP contribution in [0.5, 0.6) is 5.75 Å². The van der Waals surface area contributed by atoms with E-state index in [-0.39, 0.29) is 5.63 Å². The molecule has 4 nitrogen and oxygen atoms in total. The van der Waals surface area contributed by atoms with E-state index in [1.165, 1.54) is 6.07 Å². The van der Waals surface area contributed by atoms with Crippen molar-refractivity contribution in [1.29, 1.82) is 0 Å². The lowest BCUT2D eigenvalue weighted by Crippen LogP contribution is -2.27. The Bertz CT molecular complexity index is 925. The first kappa shape index (κ1) is 11.3. The van der Waals surface area contributed by atoms with Crippen molar-refractivity contribution < 1.29 is 13.6 Å². The molecule has 20 heavy (non-hydrogen) atoms. The number of hydrogen-bond donors (Lipinski definition) is 0. The number of ether oxygens (including phenoxy) is 1. The first-order valence-electron chi connectivity index (χ1n) is 6.40. The monoisotopic (exact) mass is 268 g/mol. The maximum atomic E-state index is 11.5. The van der Waals surface area contributed by atoms with Crippen LogP contribution in [-0.2, 0) is 0 Å². The molecule has 0 saturated heterocycles. The number of furan rings is 1. The van der Waals surface area contributed by atoms with Crippen molar-refractivity contribution in [2.24, 2.45) is 0 Å². The van der Waals surface area contributed by atoms with Crippen LogP contribution in [0.15, 0.2) is 44.2 Å². The van der Waals surface area contributed by atoms with Gasteiger partial charge in [-0.1, -0.05) is 6.08 Å². The Morgan fingerprint density at radius 1 is 1.05 bits per heavy atom. The van der Waals surface area contributed by atoms with Gasteiger partial charge in [0.1, 0.15) is 11.2 Å². The van der Waals surface area contributed by atoms with E-state index in [0.29, 0.717) is 16.9 Å². The minimum Gasteiger partial charge on any atom is -0.479 e. The zero-order valence-electron chi connectivity index (χ0n) is 11.1. The molecule has 0 radical (unpaired) electrons. The second-order valence-electron chi connectivity index (χ2n) is 5.44. The molecule has 3 heterocycles. The van der Waals surface area contributed by atoms with Crippen molar-refractivity contribution in [2.75, 3.05) is 0 Å². The van der Waals surface area contributed by atoms with Gasteiger partial charge in [0.2, 0.25) is 0 Å². The number of rotatable bonds is 0. The Kier molecular flexibility index (Phi) is 2.01. The van der Waals surface area contributed by atoms with E-state index in [0.717, 1.165) is 16.3 Å². The summed E-state index contributed by atoms with van der Waals surface area (Å²) in [6, 6.07) is 4.97. The first-order valence-corrected chi connectivity index (χ1v) is 6.40. The van der Waals surface area contributed by atoms with E-state index in [9.17, 15) is 4.79 Å². The highest BCUT2D eigenvalue weighted by Gasteiger charge is 2.27. The van der Waals surface area contributed by atoms with Gasteiger partial charge in [0.25, 0.3) is 0 Å². The highest BCUT2D eigenvalue weighted by Crippen LogP contribution is 2.43. The molecule has 1 aromatic carbocycles. The van der Waals surface area contributed by atoms with E-state index >= 15 is 0 Å². The molecule has 2 aromatic heterocycles. The van der Waals surface area contributed by atoms with E-state index in [1.807, 2.05) is 26.0 Å². The molecule has 0 amide bonds. The average Bonchev–Trinajstić information content (AvgIpc) is 2.87. The minimum absolute atomic E-state index is 0.374. The third-order valence-corrected chi connectivity index (χ3v) is 3.50. The van der Waals surface area contributed by atoms with Crippen molar-refractivity contribution >= 4 is 28.0 Å². The van der Waals surface area contributed by atoms with Gasteiger partial charge < -0.3 is 13.6 Å². The first-order chi connectivity index (χ1) is 9.55. The molecule has 0 N–H and O–H groups in total. The predicted octanol–water partition coefficient (Wildman–Crippen LogP) is 3.72. The molecular weight excluding hydrogens is 256 g/mol. The van der Waals surface area contributed by atoms with Crippen LogP contribution < -0.4 is 10.4 Å². The molecule has 0 aliphatic carbocycles. The summed E-state index contributed by atoms with van der Waals surface area (Å²) in [5.41, 5.74) is 1.26. The molecule has 0 fully saturated rings. The minimum atomic E-state index is -0.393. The van der Waals surface area contributed by atoms with E-state index in [2.05, 4.69) is 0 Å². The third kappa shape index (κ3) is 1.45. The molecule has 0 saturated carbocycles. The van der Waals surface area contributed by atoms with Gasteiger partial charge in [0.15, 0.2) is 11.3 Å². The van der Waals surface area contributed by atoms with E-state index in [1.54, 1.807) is 18.4 Å². The van der Waals surface area contributed by atoms with Crippen molar-refractivity contribution in [2.45, 2.75) is 19.4 Å². The molecule has 1 aliphatic heterocycles. The Balaban J connectivity index is 2.24. The number of benzene rings is 1. The lowest BCUT2D eigenvalue weighted by Gasteiger charge is -2.28. The lowest BCUT2D eigenvalue weighted by atomic mass is 9.98. The van der Waals surface area contributed by atoms with Gasteiger partial charge in [-0.05, 0) is 32.1 Å². The summed E-state index contributed by atoms with van der Waals surface area (Å²) in [6.07, 6.45) is 5.55. The van der Waals surface area contributed by atoms with E-state index < -0.39 is 5.60 Å². The number of fused-ring (bicyclic) bond motifs is 6. The Morgan fingerprint density at radius 3 is 2.75 bits per heavy atom. The SMILES string of the molecule is CC1(C)C=Cc2c(c3occc3c3oc(=O)ccc23)O1. The molecular formula is C16H12O4. The smallest absolute Gasteiger partial charge is 0.336 e. The van der Waals surface area contributed by atoms with Gasteiger partial charge in [-0.15, -0.1) is 0 Å². The fourth-order valence-corrected chi connectivity index (χ4v) is 2.59. The van der Waals surface area contributed by atoms with Crippen LogP contribution in [0.1, 0.15) is 19.4 Å². The van der Waals surface area contributed by atoms with Gasteiger partial charge >= 0.3 is 5.63 Å². The third-order valence-electron chi connectivity index (χ3n) is 3.50. The van der Waals surface area contributed by atoms with Crippen LogP contribution in [0, 0.1) is 0 Å². The Morgan fingerprint density at radius 2 is 1.90 bits per heavy atom. The van der Waals surface area contributed by atoms with Crippen LogP contribution >= 0.6 is 0 Å². The molecule has 0 bridgehead atoms. The average molecular weight is 268 g/mol. The van der Waals surface area contributed by atoms with Gasteiger partial charge in [-0.2, -0.15) is 0 Å². The predicted molar refractivity (Wildman–Crippen MR) is 76.0 cm³/mol. The molecule has 1 aliphatic rings. The van der Waals surface area contributed by atoms with Crippen LogP contribution in [0.3, 0.4) is 0 Å². The van der Waals surface area contributed by atoms with Gasteiger partial charge in [-0.3, -0.25) is 0 Å². The fourth-order valence-electron chi connectivity index (χ4n) is 2.59. The Labute approximate surface area is 114 Å². The van der Waals surface area contributed by atoms with Gasteiger partial charge in [0.05, 0.1) is 11.6 Å². The zero-order valence-corrected chi connectivity index (χ0v) is 11.1. The molecule has 4 rings (SSSR count). The second kappa shape index (κ2) is 3.54. The maximum Gasteiger partial charge on any atom is 0.336 e. The molecule has 4 heteroatoms.